The summed E-state index contributed by atoms with van der Waals surface area (Å²) in [5, 5.41) is 0. The molecule has 0 aliphatic carbocycles. The van der Waals surface area contributed by atoms with Gasteiger partial charge < -0.3 is 0 Å². The lowest BCUT2D eigenvalue weighted by molar-refractivity contribution is 0.783. The van der Waals surface area contributed by atoms with E-state index in [4.69, 9.17) is 0 Å². The third kappa shape index (κ3) is 1.84. The van der Waals surface area contributed by atoms with E-state index in [9.17, 15) is 0 Å². The Morgan fingerprint density at radius 1 is 1.00 bits per heavy atom. The topological polar surface area (TPSA) is 12.9 Å². The molecule has 0 aliphatic heterocycles. The summed E-state index contributed by atoms with van der Waals surface area (Å²) in [6.07, 6.45) is 3.86. The van der Waals surface area contributed by atoms with Crippen molar-refractivity contribution in [2.24, 2.45) is 0 Å². The Morgan fingerprint density at radius 3 is 2.00 bits per heavy atom. The van der Waals surface area contributed by atoms with Crippen LogP contribution in [0.5, 0.6) is 0 Å². The van der Waals surface area contributed by atoms with Gasteiger partial charge in [-0.15, -0.1) is 0 Å². The predicted molar refractivity (Wildman–Crippen MR) is 52.4 cm³/mol. The lowest BCUT2D eigenvalue weighted by Gasteiger charge is -2.14. The van der Waals surface area contributed by atoms with Crippen molar-refractivity contribution in [1.82, 2.24) is 4.98 Å². The fourth-order valence-electron chi connectivity index (χ4n) is 1.43. The Bertz CT molecular complexity index is 224. The average molecular weight is 163 g/mol. The number of rotatable bonds is 2. The minimum absolute atomic E-state index is 0.580. The van der Waals surface area contributed by atoms with Crippen LogP contribution in [0.3, 0.4) is 0 Å². The quantitative estimate of drug-likeness (QED) is 0.651. The van der Waals surface area contributed by atoms with Crippen molar-refractivity contribution in [2.45, 2.75) is 39.5 Å². The first kappa shape index (κ1) is 9.24. The lowest BCUT2D eigenvalue weighted by atomic mass is 9.93. The van der Waals surface area contributed by atoms with Gasteiger partial charge in [-0.25, -0.2) is 0 Å². The van der Waals surface area contributed by atoms with Crippen molar-refractivity contribution < 1.29 is 0 Å². The monoisotopic (exact) mass is 163 g/mol. The molecule has 0 saturated carbocycles. The maximum Gasteiger partial charge on any atom is 0.0305 e. The minimum Gasteiger partial charge on any atom is -0.264 e. The molecule has 0 aliphatic rings. The van der Waals surface area contributed by atoms with Crippen LogP contribution in [0, 0.1) is 0 Å². The smallest absolute Gasteiger partial charge is 0.0305 e. The summed E-state index contributed by atoms with van der Waals surface area (Å²) in [6.45, 7) is 8.87. The standard InChI is InChI=1S/C11H17N/c1-8(2)10-5-6-12-7-11(10)9(3)4/h5-9H,1-4H3. The molecule has 0 fully saturated rings. The zero-order valence-corrected chi connectivity index (χ0v) is 8.33. The Balaban J connectivity index is 3.09. The Morgan fingerprint density at radius 2 is 1.58 bits per heavy atom. The molecule has 1 rings (SSSR count). The molecular formula is C11H17N. The van der Waals surface area contributed by atoms with Gasteiger partial charge in [0.25, 0.3) is 0 Å². The first-order valence-corrected chi connectivity index (χ1v) is 4.56. The molecule has 0 bridgehead atoms. The summed E-state index contributed by atoms with van der Waals surface area (Å²) < 4.78 is 0. The molecule has 1 aromatic heterocycles. The Kier molecular flexibility index (Phi) is 2.85. The molecule has 0 aromatic carbocycles. The molecule has 0 spiro atoms. The molecule has 0 radical (unpaired) electrons. The highest BCUT2D eigenvalue weighted by atomic mass is 14.6. The summed E-state index contributed by atoms with van der Waals surface area (Å²) in [6, 6.07) is 2.12. The molecule has 0 N–H and O–H groups in total. The minimum atomic E-state index is 0.580. The molecule has 0 atom stereocenters. The molecule has 0 unspecified atom stereocenters. The van der Waals surface area contributed by atoms with Gasteiger partial charge in [-0.05, 0) is 29.0 Å². The van der Waals surface area contributed by atoms with Crippen LogP contribution in [-0.4, -0.2) is 4.98 Å². The van der Waals surface area contributed by atoms with Crippen molar-refractivity contribution in [1.29, 1.82) is 0 Å². The van der Waals surface area contributed by atoms with Gasteiger partial charge >= 0.3 is 0 Å². The van der Waals surface area contributed by atoms with Gasteiger partial charge in [0.2, 0.25) is 0 Å². The van der Waals surface area contributed by atoms with Crippen molar-refractivity contribution >= 4 is 0 Å². The summed E-state index contributed by atoms with van der Waals surface area (Å²) in [7, 11) is 0. The molecule has 0 saturated heterocycles. The average Bonchev–Trinajstić information content (AvgIpc) is 2.04. The summed E-state index contributed by atoms with van der Waals surface area (Å²) in [5.74, 6) is 1.18. The Labute approximate surface area is 74.8 Å². The summed E-state index contributed by atoms with van der Waals surface area (Å²) in [5.41, 5.74) is 2.81. The molecule has 66 valence electrons. The molecule has 1 heterocycles. The van der Waals surface area contributed by atoms with Gasteiger partial charge in [-0.2, -0.15) is 0 Å². The van der Waals surface area contributed by atoms with Crippen LogP contribution in [0.25, 0.3) is 0 Å². The van der Waals surface area contributed by atoms with Gasteiger partial charge in [-0.1, -0.05) is 27.7 Å². The first-order valence-electron chi connectivity index (χ1n) is 4.56. The second kappa shape index (κ2) is 3.70. The van der Waals surface area contributed by atoms with E-state index in [2.05, 4.69) is 38.7 Å². The van der Waals surface area contributed by atoms with Crippen LogP contribution >= 0.6 is 0 Å². The van der Waals surface area contributed by atoms with Gasteiger partial charge in [0.1, 0.15) is 0 Å². The number of hydrogen-bond donors (Lipinski definition) is 0. The van der Waals surface area contributed by atoms with E-state index in [1.807, 2.05) is 12.4 Å². The molecule has 1 aromatic rings. The number of nitrogens with zero attached hydrogens (tertiary/aromatic N) is 1. The highest BCUT2D eigenvalue weighted by molar-refractivity contribution is 5.28. The van der Waals surface area contributed by atoms with E-state index in [0.29, 0.717) is 11.8 Å². The zero-order valence-electron chi connectivity index (χ0n) is 8.33. The highest BCUT2D eigenvalue weighted by Crippen LogP contribution is 2.24. The van der Waals surface area contributed by atoms with E-state index in [1.165, 1.54) is 11.1 Å². The molecule has 12 heavy (non-hydrogen) atoms. The van der Waals surface area contributed by atoms with Crippen molar-refractivity contribution in [3.63, 3.8) is 0 Å². The van der Waals surface area contributed by atoms with E-state index in [-0.39, 0.29) is 0 Å². The van der Waals surface area contributed by atoms with Gasteiger partial charge in [0, 0.05) is 12.4 Å². The van der Waals surface area contributed by atoms with Crippen molar-refractivity contribution in [2.75, 3.05) is 0 Å². The predicted octanol–water partition coefficient (Wildman–Crippen LogP) is 3.33. The number of pyridine rings is 1. The van der Waals surface area contributed by atoms with Gasteiger partial charge in [0.15, 0.2) is 0 Å². The van der Waals surface area contributed by atoms with Crippen LogP contribution in [-0.2, 0) is 0 Å². The van der Waals surface area contributed by atoms with Gasteiger partial charge in [0.05, 0.1) is 0 Å². The molecule has 0 amide bonds. The number of aromatic nitrogens is 1. The van der Waals surface area contributed by atoms with Crippen LogP contribution in [0.1, 0.15) is 50.7 Å². The van der Waals surface area contributed by atoms with E-state index in [0.717, 1.165) is 0 Å². The van der Waals surface area contributed by atoms with E-state index < -0.39 is 0 Å². The summed E-state index contributed by atoms with van der Waals surface area (Å²) in [4.78, 5) is 4.15. The maximum absolute atomic E-state index is 4.15. The highest BCUT2D eigenvalue weighted by Gasteiger charge is 2.08. The van der Waals surface area contributed by atoms with Crippen molar-refractivity contribution in [3.05, 3.63) is 29.6 Å². The first-order chi connectivity index (χ1) is 5.63. The molecular weight excluding hydrogens is 146 g/mol. The van der Waals surface area contributed by atoms with E-state index in [1.54, 1.807) is 0 Å². The fourth-order valence-corrected chi connectivity index (χ4v) is 1.43. The lowest BCUT2D eigenvalue weighted by Crippen LogP contribution is -1.98. The largest absolute Gasteiger partial charge is 0.264 e. The van der Waals surface area contributed by atoms with Crippen LogP contribution in [0.2, 0.25) is 0 Å². The summed E-state index contributed by atoms with van der Waals surface area (Å²) >= 11 is 0. The van der Waals surface area contributed by atoms with Crippen LogP contribution in [0.15, 0.2) is 18.5 Å². The fraction of sp³-hybridized carbons (Fsp3) is 0.545. The van der Waals surface area contributed by atoms with Crippen molar-refractivity contribution in [3.8, 4) is 0 Å². The third-order valence-corrected chi connectivity index (χ3v) is 2.13. The number of hydrogen-bond acceptors (Lipinski definition) is 1. The molecule has 1 heteroatoms. The second-order valence-electron chi connectivity index (χ2n) is 3.81. The second-order valence-corrected chi connectivity index (χ2v) is 3.81. The third-order valence-electron chi connectivity index (χ3n) is 2.13. The van der Waals surface area contributed by atoms with Gasteiger partial charge in [-0.3, -0.25) is 4.98 Å². The van der Waals surface area contributed by atoms with E-state index >= 15 is 0 Å². The van der Waals surface area contributed by atoms with Crippen LogP contribution in [0.4, 0.5) is 0 Å². The Hall–Kier alpha value is -0.850. The normalized spacial score (nSPS) is 11.2. The van der Waals surface area contributed by atoms with Crippen LogP contribution < -0.4 is 0 Å². The zero-order chi connectivity index (χ0) is 9.14. The molecule has 1 nitrogen and oxygen atoms in total. The maximum atomic E-state index is 4.15. The SMILES string of the molecule is CC(C)c1ccncc1C(C)C.